The largest absolute Gasteiger partial charge is 0.495 e. The maximum Gasteiger partial charge on any atom is 0.234 e. The van der Waals surface area contributed by atoms with E-state index in [4.69, 9.17) is 4.74 Å². The van der Waals surface area contributed by atoms with E-state index in [0.717, 1.165) is 26.7 Å². The number of nitrogens with one attached hydrogen (secondary N) is 1. The Morgan fingerprint density at radius 2 is 1.88 bits per heavy atom. The van der Waals surface area contributed by atoms with Crippen LogP contribution in [0.2, 0.25) is 0 Å². The molecule has 0 aliphatic rings. The first-order chi connectivity index (χ1) is 15.9. The van der Waals surface area contributed by atoms with Crippen LogP contribution in [0.25, 0.3) is 21.1 Å². The Balaban J connectivity index is 1.40. The van der Waals surface area contributed by atoms with Crippen LogP contribution < -0.4 is 10.1 Å². The molecule has 0 aliphatic carbocycles. The predicted octanol–water partition coefficient (Wildman–Crippen LogP) is 5.76. The molecule has 0 unspecified atom stereocenters. The number of nitrogens with zero attached hydrogens (tertiary/aromatic N) is 3. The van der Waals surface area contributed by atoms with Crippen molar-refractivity contribution in [2.75, 3.05) is 18.2 Å². The highest BCUT2D eigenvalue weighted by molar-refractivity contribution is 7.99. The molecule has 6 nitrogen and oxygen atoms in total. The number of carbonyl (C=O) groups is 1. The van der Waals surface area contributed by atoms with Crippen molar-refractivity contribution in [2.45, 2.75) is 18.9 Å². The monoisotopic (exact) mass is 480 g/mol. The van der Waals surface area contributed by atoms with Gasteiger partial charge >= 0.3 is 0 Å². The summed E-state index contributed by atoms with van der Waals surface area (Å²) < 4.78 is 18.5. The Morgan fingerprint density at radius 3 is 2.58 bits per heavy atom. The molecule has 1 amide bonds. The molecule has 0 bridgehead atoms. The van der Waals surface area contributed by atoms with E-state index in [9.17, 15) is 9.18 Å². The van der Waals surface area contributed by atoms with Crippen LogP contribution in [0.4, 0.5) is 10.1 Å². The zero-order valence-corrected chi connectivity index (χ0v) is 19.9. The third kappa shape index (κ3) is 5.55. The van der Waals surface area contributed by atoms with Crippen LogP contribution in [-0.2, 0) is 4.79 Å². The molecule has 2 aromatic heterocycles. The molecule has 0 fully saturated rings. The lowest BCUT2D eigenvalue weighted by Gasteiger charge is -2.10. The quantitative estimate of drug-likeness (QED) is 0.339. The number of hydrogen-bond acceptors (Lipinski definition) is 7. The van der Waals surface area contributed by atoms with Crippen LogP contribution in [0.3, 0.4) is 0 Å². The zero-order chi connectivity index (χ0) is 23.4. The van der Waals surface area contributed by atoms with Gasteiger partial charge in [-0.1, -0.05) is 17.8 Å². The fourth-order valence-electron chi connectivity index (χ4n) is 3.11. The standard InChI is InChI=1S/C24H21FN4O2S2/c1-14-4-10-20(31-3)19(12-14)27-21(30)13-32-22-11-9-18(28-29-22)23-15(2)26-24(33-23)16-5-7-17(25)8-6-16/h4-12H,13H2,1-3H3,(H,27,30). The molecule has 1 N–H and O–H groups in total. The fourth-order valence-corrected chi connectivity index (χ4v) is 4.76. The summed E-state index contributed by atoms with van der Waals surface area (Å²) in [5.41, 5.74) is 4.06. The van der Waals surface area contributed by atoms with Gasteiger partial charge in [-0.2, -0.15) is 0 Å². The molecular formula is C24H21FN4O2S2. The first-order valence-corrected chi connectivity index (χ1v) is 11.9. The highest BCUT2D eigenvalue weighted by Gasteiger charge is 2.14. The number of thiazole rings is 1. The van der Waals surface area contributed by atoms with Crippen LogP contribution in [0.15, 0.2) is 59.6 Å². The van der Waals surface area contributed by atoms with E-state index in [0.29, 0.717) is 22.2 Å². The SMILES string of the molecule is COc1ccc(C)cc1NC(=O)CSc1ccc(-c2sc(-c3ccc(F)cc3)nc2C)nn1. The highest BCUT2D eigenvalue weighted by atomic mass is 32.2. The molecule has 9 heteroatoms. The Kier molecular flexibility index (Phi) is 7.00. The fraction of sp³-hybridized carbons (Fsp3) is 0.167. The normalized spacial score (nSPS) is 10.8. The van der Waals surface area contributed by atoms with Crippen LogP contribution in [0, 0.1) is 19.7 Å². The summed E-state index contributed by atoms with van der Waals surface area (Å²) in [6.45, 7) is 3.86. The van der Waals surface area contributed by atoms with Crippen LogP contribution >= 0.6 is 23.1 Å². The summed E-state index contributed by atoms with van der Waals surface area (Å²) in [7, 11) is 1.57. The molecule has 33 heavy (non-hydrogen) atoms. The van der Waals surface area contributed by atoms with Gasteiger partial charge in [0.15, 0.2) is 0 Å². The lowest BCUT2D eigenvalue weighted by Crippen LogP contribution is -2.15. The number of halogens is 1. The molecule has 4 aromatic rings. The van der Waals surface area contributed by atoms with Gasteiger partial charge in [-0.25, -0.2) is 9.37 Å². The molecule has 0 spiro atoms. The van der Waals surface area contributed by atoms with E-state index < -0.39 is 0 Å². The maximum atomic E-state index is 13.2. The van der Waals surface area contributed by atoms with Gasteiger partial charge in [0.25, 0.3) is 0 Å². The number of amides is 1. The van der Waals surface area contributed by atoms with Gasteiger partial charge in [0.2, 0.25) is 5.91 Å². The van der Waals surface area contributed by atoms with Crippen molar-refractivity contribution >= 4 is 34.7 Å². The number of anilines is 1. The summed E-state index contributed by atoms with van der Waals surface area (Å²) in [4.78, 5) is 17.9. The summed E-state index contributed by atoms with van der Waals surface area (Å²) in [5, 5.41) is 12.9. The topological polar surface area (TPSA) is 77.0 Å². The van der Waals surface area contributed by atoms with Crippen molar-refractivity contribution in [3.63, 3.8) is 0 Å². The van der Waals surface area contributed by atoms with Crippen LogP contribution in [0.5, 0.6) is 5.75 Å². The van der Waals surface area contributed by atoms with Crippen molar-refractivity contribution in [1.82, 2.24) is 15.2 Å². The minimum atomic E-state index is -0.280. The van der Waals surface area contributed by atoms with E-state index in [-0.39, 0.29) is 17.5 Å². The Bertz CT molecular complexity index is 1270. The number of carbonyl (C=O) groups excluding carboxylic acids is 1. The number of ether oxygens (including phenoxy) is 1. The number of aryl methyl sites for hydroxylation is 2. The second-order valence-corrected chi connectivity index (χ2v) is 9.23. The Morgan fingerprint density at radius 1 is 1.09 bits per heavy atom. The molecular weight excluding hydrogens is 459 g/mol. The Labute approximate surface area is 199 Å². The second-order valence-electron chi connectivity index (χ2n) is 7.24. The molecule has 0 aliphatic heterocycles. The molecule has 0 atom stereocenters. The van der Waals surface area contributed by atoms with E-state index in [1.165, 1.54) is 35.2 Å². The van der Waals surface area contributed by atoms with E-state index >= 15 is 0 Å². The Hall–Kier alpha value is -3.30. The molecule has 0 saturated carbocycles. The van der Waals surface area contributed by atoms with Gasteiger partial charge in [-0.15, -0.1) is 21.5 Å². The maximum absolute atomic E-state index is 13.2. The van der Waals surface area contributed by atoms with Crippen molar-refractivity contribution in [2.24, 2.45) is 0 Å². The van der Waals surface area contributed by atoms with Gasteiger partial charge in [0.1, 0.15) is 27.3 Å². The number of thioether (sulfide) groups is 1. The number of methoxy groups -OCH3 is 1. The van der Waals surface area contributed by atoms with Crippen molar-refractivity contribution in [3.05, 3.63) is 71.7 Å². The third-order valence-electron chi connectivity index (χ3n) is 4.74. The van der Waals surface area contributed by atoms with Crippen LogP contribution in [0.1, 0.15) is 11.3 Å². The molecule has 4 rings (SSSR count). The summed E-state index contributed by atoms with van der Waals surface area (Å²) in [6, 6.07) is 15.6. The minimum Gasteiger partial charge on any atom is -0.495 e. The highest BCUT2D eigenvalue weighted by Crippen LogP contribution is 2.34. The molecule has 0 radical (unpaired) electrons. The molecule has 0 saturated heterocycles. The number of hydrogen-bond donors (Lipinski definition) is 1. The number of benzene rings is 2. The van der Waals surface area contributed by atoms with E-state index in [1.807, 2.05) is 44.2 Å². The van der Waals surface area contributed by atoms with E-state index in [1.54, 1.807) is 19.2 Å². The lowest BCUT2D eigenvalue weighted by molar-refractivity contribution is -0.113. The second kappa shape index (κ2) is 10.1. The summed E-state index contributed by atoms with van der Waals surface area (Å²) in [6.07, 6.45) is 0. The van der Waals surface area contributed by atoms with Gasteiger partial charge in [0, 0.05) is 5.56 Å². The van der Waals surface area contributed by atoms with Gasteiger partial charge < -0.3 is 10.1 Å². The zero-order valence-electron chi connectivity index (χ0n) is 18.3. The first kappa shape index (κ1) is 22.9. The van der Waals surface area contributed by atoms with Crippen LogP contribution in [-0.4, -0.2) is 34.0 Å². The van der Waals surface area contributed by atoms with Crippen molar-refractivity contribution in [1.29, 1.82) is 0 Å². The minimum absolute atomic E-state index is 0.156. The van der Waals surface area contributed by atoms with Gasteiger partial charge in [0.05, 0.1) is 29.1 Å². The third-order valence-corrected chi connectivity index (χ3v) is 6.89. The first-order valence-electron chi connectivity index (χ1n) is 10.1. The average molecular weight is 481 g/mol. The number of aromatic nitrogens is 3. The van der Waals surface area contributed by atoms with Crippen molar-refractivity contribution < 1.29 is 13.9 Å². The van der Waals surface area contributed by atoms with Gasteiger partial charge in [-0.3, -0.25) is 4.79 Å². The smallest absolute Gasteiger partial charge is 0.234 e. The average Bonchev–Trinajstić information content (AvgIpc) is 3.20. The van der Waals surface area contributed by atoms with Gasteiger partial charge in [-0.05, 0) is 67.9 Å². The summed E-state index contributed by atoms with van der Waals surface area (Å²) in [5.74, 6) is 0.373. The lowest BCUT2D eigenvalue weighted by atomic mass is 10.2. The molecule has 168 valence electrons. The summed E-state index contributed by atoms with van der Waals surface area (Å²) >= 11 is 2.79. The molecule has 2 heterocycles. The predicted molar refractivity (Wildman–Crippen MR) is 130 cm³/mol. The van der Waals surface area contributed by atoms with Crippen molar-refractivity contribution in [3.8, 4) is 26.9 Å². The molecule has 2 aromatic carbocycles. The number of rotatable bonds is 7. The van der Waals surface area contributed by atoms with E-state index in [2.05, 4.69) is 20.5 Å².